The molecule has 0 atom stereocenters. The minimum atomic E-state index is -0.0834. The van der Waals surface area contributed by atoms with Crippen molar-refractivity contribution in [2.45, 2.75) is 12.8 Å². The molecule has 0 spiro atoms. The number of rotatable bonds is 3. The molecule has 2 aromatic carbocycles. The number of likely N-dealkylation sites (tertiary alicyclic amines) is 1. The maximum atomic E-state index is 12.9. The van der Waals surface area contributed by atoms with E-state index >= 15 is 0 Å². The molecule has 0 bridgehead atoms. The van der Waals surface area contributed by atoms with Crippen LogP contribution in [0.25, 0.3) is 10.2 Å². The van der Waals surface area contributed by atoms with Crippen LogP contribution >= 0.6 is 11.3 Å². The average Bonchev–Trinajstić information content (AvgIpc) is 3.22. The second kappa shape index (κ2) is 7.48. The molecule has 0 saturated carbocycles. The first-order chi connectivity index (χ1) is 14.2. The van der Waals surface area contributed by atoms with Gasteiger partial charge in [0.05, 0.1) is 10.2 Å². The number of hydrogen-bond donors (Lipinski definition) is 0. The first-order valence-corrected chi connectivity index (χ1v) is 10.6. The van der Waals surface area contributed by atoms with Gasteiger partial charge < -0.3 is 14.4 Å². The number of hydrogen-bond acceptors (Lipinski definition) is 6. The minimum absolute atomic E-state index is 0.0344. The van der Waals surface area contributed by atoms with Gasteiger partial charge in [-0.05, 0) is 43.2 Å². The Morgan fingerprint density at radius 2 is 1.76 bits per heavy atom. The first-order valence-electron chi connectivity index (χ1n) is 9.78. The van der Waals surface area contributed by atoms with Crippen LogP contribution in [0.1, 0.15) is 33.0 Å². The van der Waals surface area contributed by atoms with Gasteiger partial charge in [-0.25, -0.2) is 4.98 Å². The molecule has 3 heterocycles. The number of carbonyl (C=O) groups is 2. The third-order valence-corrected chi connectivity index (χ3v) is 6.50. The third-order valence-electron chi connectivity index (χ3n) is 5.45. The number of thiazole rings is 1. The van der Waals surface area contributed by atoms with E-state index in [9.17, 15) is 9.59 Å². The van der Waals surface area contributed by atoms with Crippen LogP contribution in [0.15, 0.2) is 42.5 Å². The number of fused-ring (bicyclic) bond motifs is 2. The van der Waals surface area contributed by atoms with Gasteiger partial charge >= 0.3 is 0 Å². The van der Waals surface area contributed by atoms with Crippen LogP contribution in [-0.4, -0.2) is 47.9 Å². The Morgan fingerprint density at radius 1 is 1.00 bits per heavy atom. The molecule has 1 fully saturated rings. The molecule has 0 unspecified atom stereocenters. The number of piperidine rings is 1. The van der Waals surface area contributed by atoms with E-state index < -0.39 is 0 Å². The quantitative estimate of drug-likeness (QED) is 0.617. The average molecular weight is 408 g/mol. The zero-order chi connectivity index (χ0) is 19.8. The van der Waals surface area contributed by atoms with Crippen molar-refractivity contribution in [1.82, 2.24) is 9.88 Å². The Hall–Kier alpha value is -2.93. The normalized spacial score (nSPS) is 16.8. The molecule has 6 nitrogen and oxygen atoms in total. The molecule has 0 N–H and O–H groups in total. The highest BCUT2D eigenvalue weighted by Gasteiger charge is 2.30. The molecule has 148 valence electrons. The number of aromatic nitrogens is 1. The number of Topliss-reactive ketones (excluding diaryl/α,β-unsaturated/α-hetero) is 1. The molecule has 1 saturated heterocycles. The van der Waals surface area contributed by atoms with Crippen LogP contribution in [0.2, 0.25) is 0 Å². The molecular formula is C22H20N2O4S. The number of ketones is 1. The van der Waals surface area contributed by atoms with E-state index in [0.717, 1.165) is 10.2 Å². The summed E-state index contributed by atoms with van der Waals surface area (Å²) in [6.45, 7) is 2.14. The zero-order valence-electron chi connectivity index (χ0n) is 15.8. The van der Waals surface area contributed by atoms with Gasteiger partial charge in [-0.15, -0.1) is 11.3 Å². The Balaban J connectivity index is 1.25. The van der Waals surface area contributed by atoms with Crippen molar-refractivity contribution in [2.24, 2.45) is 5.92 Å². The highest BCUT2D eigenvalue weighted by atomic mass is 32.1. The summed E-state index contributed by atoms with van der Waals surface area (Å²) in [5.74, 6) is 1.27. The van der Waals surface area contributed by atoms with Gasteiger partial charge in [-0.2, -0.15) is 0 Å². The standard InChI is InChI=1S/C22H20N2O4S/c25-20(21-23-16-3-1-2-4-19(16)29-21)14-7-9-24(10-8-14)22(26)15-5-6-17-18(13-15)28-12-11-27-17/h1-6,13-14H,7-12H2. The molecule has 29 heavy (non-hydrogen) atoms. The summed E-state index contributed by atoms with van der Waals surface area (Å²) in [5, 5.41) is 0.572. The highest BCUT2D eigenvalue weighted by molar-refractivity contribution is 7.20. The molecular weight excluding hydrogens is 388 g/mol. The number of ether oxygens (including phenoxy) is 2. The fraction of sp³-hybridized carbons (Fsp3) is 0.318. The van der Waals surface area contributed by atoms with E-state index in [1.54, 1.807) is 18.2 Å². The van der Waals surface area contributed by atoms with E-state index in [2.05, 4.69) is 4.98 Å². The van der Waals surface area contributed by atoms with Crippen molar-refractivity contribution in [2.75, 3.05) is 26.3 Å². The molecule has 1 aromatic heterocycles. The minimum Gasteiger partial charge on any atom is -0.486 e. The van der Waals surface area contributed by atoms with Crippen LogP contribution in [0, 0.1) is 5.92 Å². The number of carbonyl (C=O) groups excluding carboxylic acids is 2. The van der Waals surface area contributed by atoms with Crippen LogP contribution in [-0.2, 0) is 0 Å². The SMILES string of the molecule is O=C(c1nc2ccccc2s1)C1CCN(C(=O)c2ccc3c(c2)OCCO3)CC1. The maximum absolute atomic E-state index is 12.9. The molecule has 1 amide bonds. The second-order valence-electron chi connectivity index (χ2n) is 7.28. The van der Waals surface area contributed by atoms with Gasteiger partial charge in [0.15, 0.2) is 22.3 Å². The van der Waals surface area contributed by atoms with Crippen LogP contribution in [0.4, 0.5) is 0 Å². The predicted molar refractivity (Wildman–Crippen MR) is 110 cm³/mol. The fourth-order valence-corrected chi connectivity index (χ4v) is 4.84. The molecule has 7 heteroatoms. The van der Waals surface area contributed by atoms with Gasteiger partial charge in [0.1, 0.15) is 13.2 Å². The molecule has 2 aliphatic heterocycles. The van der Waals surface area contributed by atoms with Gasteiger partial charge in [0.2, 0.25) is 0 Å². The topological polar surface area (TPSA) is 68.7 Å². The lowest BCUT2D eigenvalue weighted by Crippen LogP contribution is -2.40. The summed E-state index contributed by atoms with van der Waals surface area (Å²) in [4.78, 5) is 32.1. The van der Waals surface area contributed by atoms with Crippen molar-refractivity contribution in [1.29, 1.82) is 0 Å². The highest BCUT2D eigenvalue weighted by Crippen LogP contribution is 2.32. The smallest absolute Gasteiger partial charge is 0.253 e. The van der Waals surface area contributed by atoms with Crippen molar-refractivity contribution in [3.8, 4) is 11.5 Å². The van der Waals surface area contributed by atoms with Crippen LogP contribution in [0.5, 0.6) is 11.5 Å². The lowest BCUT2D eigenvalue weighted by Gasteiger charge is -2.31. The fourth-order valence-electron chi connectivity index (χ4n) is 3.86. The summed E-state index contributed by atoms with van der Waals surface area (Å²) in [6.07, 6.45) is 1.32. The second-order valence-corrected chi connectivity index (χ2v) is 8.31. The van der Waals surface area contributed by atoms with Crippen molar-refractivity contribution >= 4 is 33.2 Å². The van der Waals surface area contributed by atoms with Gasteiger partial charge in [0.25, 0.3) is 5.91 Å². The molecule has 2 aliphatic rings. The van der Waals surface area contributed by atoms with Crippen molar-refractivity contribution < 1.29 is 19.1 Å². The van der Waals surface area contributed by atoms with Crippen molar-refractivity contribution in [3.05, 3.63) is 53.0 Å². The van der Waals surface area contributed by atoms with Crippen molar-refractivity contribution in [3.63, 3.8) is 0 Å². The number of para-hydroxylation sites is 1. The maximum Gasteiger partial charge on any atom is 0.253 e. The zero-order valence-corrected chi connectivity index (χ0v) is 16.6. The van der Waals surface area contributed by atoms with Gasteiger partial charge in [0, 0.05) is 24.6 Å². The Labute approximate surface area is 172 Å². The van der Waals surface area contributed by atoms with E-state index in [4.69, 9.17) is 9.47 Å². The molecule has 3 aromatic rings. The van der Waals surface area contributed by atoms with E-state index in [1.807, 2.05) is 29.2 Å². The number of nitrogens with zero attached hydrogens (tertiary/aromatic N) is 2. The summed E-state index contributed by atoms with van der Waals surface area (Å²) in [7, 11) is 0. The monoisotopic (exact) mass is 408 g/mol. The van der Waals surface area contributed by atoms with Crippen LogP contribution < -0.4 is 9.47 Å². The largest absolute Gasteiger partial charge is 0.486 e. The molecule has 0 radical (unpaired) electrons. The van der Waals surface area contributed by atoms with E-state index in [1.165, 1.54) is 11.3 Å². The Bertz CT molecular complexity index is 1050. The number of benzene rings is 2. The predicted octanol–water partition coefficient (Wildman–Crippen LogP) is 3.80. The van der Waals surface area contributed by atoms with Gasteiger partial charge in [-0.3, -0.25) is 9.59 Å². The first kappa shape index (κ1) is 18.1. The molecule has 0 aliphatic carbocycles. The lowest BCUT2D eigenvalue weighted by atomic mass is 9.92. The molecule has 5 rings (SSSR count). The van der Waals surface area contributed by atoms with Crippen LogP contribution in [0.3, 0.4) is 0 Å². The summed E-state index contributed by atoms with van der Waals surface area (Å²) in [5.41, 5.74) is 1.46. The van der Waals surface area contributed by atoms with Gasteiger partial charge in [-0.1, -0.05) is 12.1 Å². The third kappa shape index (κ3) is 3.46. The Morgan fingerprint density at radius 3 is 2.55 bits per heavy atom. The number of amides is 1. The van der Waals surface area contributed by atoms with E-state index in [-0.39, 0.29) is 17.6 Å². The Kier molecular flexibility index (Phi) is 4.67. The summed E-state index contributed by atoms with van der Waals surface area (Å²) < 4.78 is 12.1. The lowest BCUT2D eigenvalue weighted by molar-refractivity contribution is 0.0649. The van der Waals surface area contributed by atoms with E-state index in [0.29, 0.717) is 61.2 Å². The summed E-state index contributed by atoms with van der Waals surface area (Å²) >= 11 is 1.45. The summed E-state index contributed by atoms with van der Waals surface area (Å²) in [6, 6.07) is 13.1.